The minimum Gasteiger partial charge on any atom is -0.374 e. The smallest absolute Gasteiger partial charge is 0.0782 e. The summed E-state index contributed by atoms with van der Waals surface area (Å²) in [6.45, 7) is 8.74. The van der Waals surface area contributed by atoms with Crippen molar-refractivity contribution in [3.8, 4) is 11.1 Å². The van der Waals surface area contributed by atoms with Crippen LogP contribution in [0.2, 0.25) is 0 Å². The highest BCUT2D eigenvalue weighted by atomic mass is 14.9. The molecule has 0 saturated carbocycles. The Morgan fingerprint density at radius 3 is 2.14 bits per heavy atom. The Morgan fingerprint density at radius 1 is 0.643 bits per heavy atom. The summed E-state index contributed by atoms with van der Waals surface area (Å²) in [6, 6.07) is 25.1. The standard InChI is InChI=1S/C27H25N/c1-16-5-10-21-20(13-16)9-8-19(4)26(21)27-24-14-17(2)6-11-22(24)23-12-7-18(3)15-25(23)28-27/h5-15,27-28H,1-4H3. The maximum atomic E-state index is 3.89. The molecule has 0 spiro atoms. The Hall–Kier alpha value is -3.06. The fourth-order valence-corrected chi connectivity index (χ4v) is 4.61. The van der Waals surface area contributed by atoms with E-state index < -0.39 is 0 Å². The van der Waals surface area contributed by atoms with Crippen LogP contribution in [0.4, 0.5) is 5.69 Å². The van der Waals surface area contributed by atoms with Crippen molar-refractivity contribution in [3.05, 3.63) is 100 Å². The van der Waals surface area contributed by atoms with Crippen LogP contribution in [0.3, 0.4) is 0 Å². The van der Waals surface area contributed by atoms with Crippen LogP contribution >= 0.6 is 0 Å². The molecule has 5 rings (SSSR count). The number of anilines is 1. The number of rotatable bonds is 1. The monoisotopic (exact) mass is 363 g/mol. The van der Waals surface area contributed by atoms with Gasteiger partial charge in [0, 0.05) is 11.3 Å². The van der Waals surface area contributed by atoms with Crippen molar-refractivity contribution in [1.29, 1.82) is 0 Å². The van der Waals surface area contributed by atoms with Gasteiger partial charge >= 0.3 is 0 Å². The molecule has 138 valence electrons. The van der Waals surface area contributed by atoms with Crippen molar-refractivity contribution >= 4 is 16.5 Å². The van der Waals surface area contributed by atoms with Gasteiger partial charge in [-0.2, -0.15) is 0 Å². The maximum absolute atomic E-state index is 3.89. The van der Waals surface area contributed by atoms with Gasteiger partial charge in [-0.3, -0.25) is 0 Å². The van der Waals surface area contributed by atoms with Crippen molar-refractivity contribution in [2.45, 2.75) is 33.7 Å². The predicted molar refractivity (Wildman–Crippen MR) is 120 cm³/mol. The third-order valence-electron chi connectivity index (χ3n) is 6.01. The van der Waals surface area contributed by atoms with Crippen molar-refractivity contribution < 1.29 is 0 Å². The molecule has 1 heterocycles. The second kappa shape index (κ2) is 6.24. The fraction of sp³-hybridized carbons (Fsp3) is 0.185. The second-order valence-electron chi connectivity index (χ2n) is 8.24. The molecule has 1 aliphatic rings. The van der Waals surface area contributed by atoms with Crippen LogP contribution in [0.15, 0.2) is 66.7 Å². The van der Waals surface area contributed by atoms with Gasteiger partial charge in [0.2, 0.25) is 0 Å². The van der Waals surface area contributed by atoms with Gasteiger partial charge in [0.1, 0.15) is 0 Å². The normalized spacial score (nSPS) is 15.1. The van der Waals surface area contributed by atoms with E-state index in [1.165, 1.54) is 61.0 Å². The number of benzene rings is 4. The van der Waals surface area contributed by atoms with Crippen LogP contribution in [-0.2, 0) is 0 Å². The van der Waals surface area contributed by atoms with E-state index in [-0.39, 0.29) is 6.04 Å². The average Bonchev–Trinajstić information content (AvgIpc) is 2.67. The SMILES string of the molecule is Cc1ccc2c(c1)NC(c1c(C)ccc3cc(C)ccc13)c1cc(C)ccc1-2. The summed E-state index contributed by atoms with van der Waals surface area (Å²) in [5, 5.41) is 6.54. The molecule has 0 bridgehead atoms. The molecule has 1 atom stereocenters. The Kier molecular flexibility index (Phi) is 3.80. The maximum Gasteiger partial charge on any atom is 0.0782 e. The topological polar surface area (TPSA) is 12.0 Å². The van der Waals surface area contributed by atoms with E-state index in [0.29, 0.717) is 0 Å². The highest BCUT2D eigenvalue weighted by Gasteiger charge is 2.27. The van der Waals surface area contributed by atoms with Gasteiger partial charge in [-0.25, -0.2) is 0 Å². The van der Waals surface area contributed by atoms with Crippen molar-refractivity contribution in [2.24, 2.45) is 0 Å². The Bertz CT molecular complexity index is 1230. The van der Waals surface area contributed by atoms with E-state index in [4.69, 9.17) is 0 Å². The van der Waals surface area contributed by atoms with E-state index in [0.717, 1.165) is 0 Å². The van der Waals surface area contributed by atoms with E-state index in [1.54, 1.807) is 0 Å². The van der Waals surface area contributed by atoms with Crippen LogP contribution in [-0.4, -0.2) is 0 Å². The lowest BCUT2D eigenvalue weighted by Crippen LogP contribution is -2.19. The lowest BCUT2D eigenvalue weighted by Gasteiger charge is -2.32. The third kappa shape index (κ3) is 2.62. The summed E-state index contributed by atoms with van der Waals surface area (Å²) >= 11 is 0. The fourth-order valence-electron chi connectivity index (χ4n) is 4.61. The van der Waals surface area contributed by atoms with Gasteiger partial charge in [-0.05, 0) is 72.4 Å². The number of hydrogen-bond donors (Lipinski definition) is 1. The molecule has 1 N–H and O–H groups in total. The second-order valence-corrected chi connectivity index (χ2v) is 8.24. The van der Waals surface area contributed by atoms with Crippen molar-refractivity contribution in [1.82, 2.24) is 0 Å². The summed E-state index contributed by atoms with van der Waals surface area (Å²) < 4.78 is 0. The van der Waals surface area contributed by atoms with Crippen LogP contribution < -0.4 is 5.32 Å². The highest BCUT2D eigenvalue weighted by molar-refractivity contribution is 5.92. The number of nitrogens with one attached hydrogen (secondary N) is 1. The van der Waals surface area contributed by atoms with E-state index in [1.807, 2.05) is 0 Å². The van der Waals surface area contributed by atoms with Crippen molar-refractivity contribution in [3.63, 3.8) is 0 Å². The molecule has 4 aromatic carbocycles. The zero-order chi connectivity index (χ0) is 19.4. The zero-order valence-corrected chi connectivity index (χ0v) is 16.9. The summed E-state index contributed by atoms with van der Waals surface area (Å²) in [5.74, 6) is 0. The van der Waals surface area contributed by atoms with Crippen molar-refractivity contribution in [2.75, 3.05) is 5.32 Å². The molecule has 0 aliphatic carbocycles. The molecule has 0 radical (unpaired) electrons. The van der Waals surface area contributed by atoms with Gasteiger partial charge in [0.25, 0.3) is 0 Å². The average molecular weight is 364 g/mol. The summed E-state index contributed by atoms with van der Waals surface area (Å²) in [6.07, 6.45) is 0. The molecule has 1 aliphatic heterocycles. The first kappa shape index (κ1) is 17.1. The Balaban J connectivity index is 1.81. The third-order valence-corrected chi connectivity index (χ3v) is 6.01. The first-order valence-electron chi connectivity index (χ1n) is 9.99. The highest BCUT2D eigenvalue weighted by Crippen LogP contribution is 2.45. The van der Waals surface area contributed by atoms with Gasteiger partial charge in [0.15, 0.2) is 0 Å². The van der Waals surface area contributed by atoms with E-state index >= 15 is 0 Å². The van der Waals surface area contributed by atoms with E-state index in [2.05, 4.69) is 99.7 Å². The molecule has 28 heavy (non-hydrogen) atoms. The molecule has 1 unspecified atom stereocenters. The van der Waals surface area contributed by atoms with E-state index in [9.17, 15) is 0 Å². The Morgan fingerprint density at radius 2 is 1.32 bits per heavy atom. The van der Waals surface area contributed by atoms with Crippen LogP contribution in [0.5, 0.6) is 0 Å². The van der Waals surface area contributed by atoms with Gasteiger partial charge in [-0.1, -0.05) is 71.8 Å². The van der Waals surface area contributed by atoms with Crippen LogP contribution in [0, 0.1) is 27.7 Å². The summed E-state index contributed by atoms with van der Waals surface area (Å²) in [5.41, 5.74) is 11.8. The molecule has 0 aromatic heterocycles. The molecule has 0 fully saturated rings. The largest absolute Gasteiger partial charge is 0.374 e. The summed E-state index contributed by atoms with van der Waals surface area (Å²) in [4.78, 5) is 0. The number of hydrogen-bond acceptors (Lipinski definition) is 1. The molecular weight excluding hydrogens is 338 g/mol. The van der Waals surface area contributed by atoms with Gasteiger partial charge < -0.3 is 5.32 Å². The number of fused-ring (bicyclic) bond motifs is 4. The van der Waals surface area contributed by atoms with Gasteiger partial charge in [0.05, 0.1) is 6.04 Å². The molecule has 1 nitrogen and oxygen atoms in total. The van der Waals surface area contributed by atoms with Gasteiger partial charge in [-0.15, -0.1) is 0 Å². The minimum absolute atomic E-state index is 0.149. The van der Waals surface area contributed by atoms with Crippen LogP contribution in [0.25, 0.3) is 21.9 Å². The zero-order valence-electron chi connectivity index (χ0n) is 16.9. The summed E-state index contributed by atoms with van der Waals surface area (Å²) in [7, 11) is 0. The number of aryl methyl sites for hydroxylation is 4. The predicted octanol–water partition coefficient (Wildman–Crippen LogP) is 7.26. The van der Waals surface area contributed by atoms with Crippen LogP contribution in [0.1, 0.15) is 39.4 Å². The molecular formula is C27H25N. The lowest BCUT2D eigenvalue weighted by molar-refractivity contribution is 0.925. The molecule has 1 heteroatoms. The first-order valence-corrected chi connectivity index (χ1v) is 9.99. The quantitative estimate of drug-likeness (QED) is 0.375. The minimum atomic E-state index is 0.149. The molecule has 4 aromatic rings. The first-order chi connectivity index (χ1) is 13.5. The molecule has 0 saturated heterocycles. The molecule has 0 amide bonds. The Labute approximate surface area is 167 Å². The lowest BCUT2D eigenvalue weighted by atomic mass is 9.82.